The maximum atomic E-state index is 12.9. The van der Waals surface area contributed by atoms with Gasteiger partial charge < -0.3 is 5.32 Å². The summed E-state index contributed by atoms with van der Waals surface area (Å²) in [5, 5.41) is 2.31. The Morgan fingerprint density at radius 1 is 1.67 bits per heavy atom. The molecule has 0 aliphatic carbocycles. The molecule has 66 valence electrons. The van der Waals surface area contributed by atoms with Gasteiger partial charge in [-0.15, -0.1) is 0 Å². The van der Waals surface area contributed by atoms with E-state index < -0.39 is 5.83 Å². The molecular formula is C8H11FN2O. The molecule has 1 N–H and O–H groups in total. The van der Waals surface area contributed by atoms with E-state index >= 15 is 0 Å². The molecule has 1 aliphatic heterocycles. The van der Waals surface area contributed by atoms with Gasteiger partial charge in [0.05, 0.1) is 5.70 Å². The fourth-order valence-corrected chi connectivity index (χ4v) is 0.896. The van der Waals surface area contributed by atoms with Gasteiger partial charge in [-0.1, -0.05) is 6.58 Å². The van der Waals surface area contributed by atoms with Crippen LogP contribution in [0.5, 0.6) is 0 Å². The molecule has 0 aromatic carbocycles. The lowest BCUT2D eigenvalue weighted by atomic mass is 10.3. The normalized spacial score (nSPS) is 18.0. The number of nitrogens with zero attached hydrogens (tertiary/aromatic N) is 1. The molecule has 0 aromatic heterocycles. The first kappa shape index (κ1) is 8.77. The van der Waals surface area contributed by atoms with E-state index in [4.69, 9.17) is 0 Å². The number of hydrogen-bond acceptors (Lipinski definition) is 1. The summed E-state index contributed by atoms with van der Waals surface area (Å²) in [5.74, 6) is -0.497. The topological polar surface area (TPSA) is 32.3 Å². The minimum atomic E-state index is -0.497. The zero-order chi connectivity index (χ0) is 9.30. The van der Waals surface area contributed by atoms with Crippen molar-refractivity contribution >= 4 is 6.03 Å². The smallest absolute Gasteiger partial charge is 0.305 e. The van der Waals surface area contributed by atoms with Crippen LogP contribution in [0.2, 0.25) is 0 Å². The summed E-state index contributed by atoms with van der Waals surface area (Å²) in [7, 11) is 0. The van der Waals surface area contributed by atoms with E-state index in [9.17, 15) is 9.18 Å². The minimum Gasteiger partial charge on any atom is -0.305 e. The lowest BCUT2D eigenvalue weighted by Crippen LogP contribution is -2.43. The lowest BCUT2D eigenvalue weighted by Gasteiger charge is -2.27. The van der Waals surface area contributed by atoms with E-state index in [-0.39, 0.29) is 17.8 Å². The summed E-state index contributed by atoms with van der Waals surface area (Å²) in [6.07, 6.45) is 1.16. The number of rotatable bonds is 1. The Morgan fingerprint density at radius 2 is 2.25 bits per heavy atom. The molecule has 0 saturated carbocycles. The second-order valence-corrected chi connectivity index (χ2v) is 2.89. The first-order valence-electron chi connectivity index (χ1n) is 3.68. The van der Waals surface area contributed by atoms with Gasteiger partial charge in [-0.2, -0.15) is 0 Å². The van der Waals surface area contributed by atoms with Gasteiger partial charge in [0.25, 0.3) is 0 Å². The lowest BCUT2D eigenvalue weighted by molar-refractivity contribution is 0.204. The Labute approximate surface area is 70.5 Å². The molecule has 1 rings (SSSR count). The molecule has 0 unspecified atom stereocenters. The number of carbonyl (C=O) groups excluding carboxylic acids is 1. The van der Waals surface area contributed by atoms with Gasteiger partial charge in [0.1, 0.15) is 0 Å². The van der Waals surface area contributed by atoms with Gasteiger partial charge in [-0.25, -0.2) is 9.18 Å². The highest BCUT2D eigenvalue weighted by Gasteiger charge is 2.22. The van der Waals surface area contributed by atoms with Gasteiger partial charge in [-0.05, 0) is 13.8 Å². The van der Waals surface area contributed by atoms with Crippen molar-refractivity contribution in [3.8, 4) is 0 Å². The van der Waals surface area contributed by atoms with Crippen molar-refractivity contribution < 1.29 is 9.18 Å². The number of carbonyl (C=O) groups is 1. The van der Waals surface area contributed by atoms with Crippen molar-refractivity contribution in [2.75, 3.05) is 0 Å². The molecule has 4 heteroatoms. The highest BCUT2D eigenvalue weighted by Crippen LogP contribution is 2.15. The molecule has 0 aromatic rings. The molecule has 0 radical (unpaired) electrons. The van der Waals surface area contributed by atoms with E-state index in [1.54, 1.807) is 13.8 Å². The van der Waals surface area contributed by atoms with E-state index in [1.807, 2.05) is 0 Å². The quantitative estimate of drug-likeness (QED) is 0.638. The SMILES string of the molecule is C=C1NC(=O)N(C(C)C)C=C1F. The molecule has 0 spiro atoms. The summed E-state index contributed by atoms with van der Waals surface area (Å²) < 4.78 is 12.9. The van der Waals surface area contributed by atoms with Crippen molar-refractivity contribution in [1.82, 2.24) is 10.2 Å². The number of halogens is 1. The third-order valence-electron chi connectivity index (χ3n) is 1.59. The molecule has 2 amide bonds. The Kier molecular flexibility index (Phi) is 2.17. The summed E-state index contributed by atoms with van der Waals surface area (Å²) in [6.45, 7) is 6.94. The van der Waals surface area contributed by atoms with Crippen molar-refractivity contribution in [2.45, 2.75) is 19.9 Å². The predicted octanol–water partition coefficient (Wildman–Crippen LogP) is 1.74. The van der Waals surface area contributed by atoms with Crippen molar-refractivity contribution in [2.24, 2.45) is 0 Å². The third kappa shape index (κ3) is 1.47. The average Bonchev–Trinajstić information content (AvgIpc) is 1.96. The van der Waals surface area contributed by atoms with Gasteiger partial charge >= 0.3 is 6.03 Å². The number of urea groups is 1. The maximum absolute atomic E-state index is 12.9. The Hall–Kier alpha value is -1.32. The second-order valence-electron chi connectivity index (χ2n) is 2.89. The van der Waals surface area contributed by atoms with Crippen LogP contribution in [-0.2, 0) is 0 Å². The van der Waals surface area contributed by atoms with Crippen molar-refractivity contribution in [3.63, 3.8) is 0 Å². The second kappa shape index (κ2) is 2.97. The molecule has 3 nitrogen and oxygen atoms in total. The molecule has 0 fully saturated rings. The first-order valence-corrected chi connectivity index (χ1v) is 3.68. The average molecular weight is 170 g/mol. The zero-order valence-electron chi connectivity index (χ0n) is 7.10. The number of amides is 2. The molecule has 0 bridgehead atoms. The minimum absolute atomic E-state index is 0.0249. The Morgan fingerprint density at radius 3 is 2.75 bits per heavy atom. The molecule has 12 heavy (non-hydrogen) atoms. The standard InChI is InChI=1S/C8H11FN2O/c1-5(2)11-4-7(9)6(3)10-8(11)12/h4-5H,3H2,1-2H3,(H,10,12). The fourth-order valence-electron chi connectivity index (χ4n) is 0.896. The van der Waals surface area contributed by atoms with Crippen LogP contribution in [0.1, 0.15) is 13.8 Å². The van der Waals surface area contributed by atoms with E-state index in [2.05, 4.69) is 11.9 Å². The van der Waals surface area contributed by atoms with Crippen LogP contribution in [0.15, 0.2) is 24.3 Å². The Bertz CT molecular complexity index is 258. The van der Waals surface area contributed by atoms with Crippen LogP contribution in [0.25, 0.3) is 0 Å². The van der Waals surface area contributed by atoms with Crippen LogP contribution in [0.4, 0.5) is 9.18 Å². The zero-order valence-corrected chi connectivity index (χ0v) is 7.10. The van der Waals surface area contributed by atoms with Crippen LogP contribution >= 0.6 is 0 Å². The van der Waals surface area contributed by atoms with Crippen molar-refractivity contribution in [1.29, 1.82) is 0 Å². The Balaban J connectivity index is 2.90. The third-order valence-corrected chi connectivity index (χ3v) is 1.59. The maximum Gasteiger partial charge on any atom is 0.326 e. The monoisotopic (exact) mass is 170 g/mol. The van der Waals surface area contributed by atoms with Gasteiger partial charge in [-0.3, -0.25) is 4.90 Å². The summed E-state index contributed by atoms with van der Waals surface area (Å²) in [4.78, 5) is 12.4. The molecule has 1 heterocycles. The summed E-state index contributed by atoms with van der Waals surface area (Å²) in [5.41, 5.74) is 0.0249. The number of nitrogens with one attached hydrogen (secondary N) is 1. The molecular weight excluding hydrogens is 159 g/mol. The highest BCUT2D eigenvalue weighted by atomic mass is 19.1. The number of allylic oxidation sites excluding steroid dienone is 1. The molecule has 1 aliphatic rings. The fraction of sp³-hybridized carbons (Fsp3) is 0.375. The number of hydrogen-bond donors (Lipinski definition) is 1. The van der Waals surface area contributed by atoms with Crippen LogP contribution in [-0.4, -0.2) is 17.0 Å². The largest absolute Gasteiger partial charge is 0.326 e. The van der Waals surface area contributed by atoms with Crippen molar-refractivity contribution in [3.05, 3.63) is 24.3 Å². The highest BCUT2D eigenvalue weighted by molar-refractivity contribution is 5.80. The van der Waals surface area contributed by atoms with Gasteiger partial charge in [0, 0.05) is 12.2 Å². The first-order chi connectivity index (χ1) is 5.52. The van der Waals surface area contributed by atoms with Crippen LogP contribution in [0, 0.1) is 0 Å². The molecule has 0 saturated heterocycles. The van der Waals surface area contributed by atoms with E-state index in [0.717, 1.165) is 6.20 Å². The van der Waals surface area contributed by atoms with Gasteiger partial charge in [0.15, 0.2) is 5.83 Å². The van der Waals surface area contributed by atoms with Crippen LogP contribution < -0.4 is 5.32 Å². The van der Waals surface area contributed by atoms with Gasteiger partial charge in [0.2, 0.25) is 0 Å². The summed E-state index contributed by atoms with van der Waals surface area (Å²) >= 11 is 0. The van der Waals surface area contributed by atoms with Crippen LogP contribution in [0.3, 0.4) is 0 Å². The van der Waals surface area contributed by atoms with E-state index in [0.29, 0.717) is 0 Å². The van der Waals surface area contributed by atoms with E-state index in [1.165, 1.54) is 4.90 Å². The predicted molar refractivity (Wildman–Crippen MR) is 43.8 cm³/mol. The molecule has 0 atom stereocenters. The summed E-state index contributed by atoms with van der Waals surface area (Å²) in [6, 6.07) is -0.389.